The van der Waals surface area contributed by atoms with Gasteiger partial charge in [0.1, 0.15) is 0 Å². The average molecular weight is 274 g/mol. The van der Waals surface area contributed by atoms with Crippen LogP contribution in [0.15, 0.2) is 40.9 Å². The highest BCUT2D eigenvalue weighted by atomic mass is 16.5. The number of hydrogen-bond acceptors (Lipinski definition) is 4. The van der Waals surface area contributed by atoms with Crippen molar-refractivity contribution in [2.45, 2.75) is 32.9 Å². The molecule has 0 fully saturated rings. The Labute approximate surface area is 120 Å². The summed E-state index contributed by atoms with van der Waals surface area (Å²) in [6.45, 7) is 6.12. The summed E-state index contributed by atoms with van der Waals surface area (Å²) in [5, 5.41) is 13.1. The monoisotopic (exact) mass is 274 g/mol. The quantitative estimate of drug-likeness (QED) is 0.843. The third-order valence-electron chi connectivity index (χ3n) is 3.32. The highest BCUT2D eigenvalue weighted by Gasteiger charge is 2.13. The minimum atomic E-state index is 0.220. The molecule has 0 saturated heterocycles. The maximum absolute atomic E-state index is 8.95. The summed E-state index contributed by atoms with van der Waals surface area (Å²) in [5.41, 5.74) is 1.97. The van der Waals surface area contributed by atoms with Crippen LogP contribution in [0.2, 0.25) is 0 Å². The van der Waals surface area contributed by atoms with Gasteiger partial charge in [0.05, 0.1) is 5.69 Å². The zero-order valence-corrected chi connectivity index (χ0v) is 12.1. The number of aliphatic hydroxyl groups is 1. The zero-order chi connectivity index (χ0) is 14.4. The van der Waals surface area contributed by atoms with Crippen LogP contribution in [0.3, 0.4) is 0 Å². The summed E-state index contributed by atoms with van der Waals surface area (Å²) in [5.74, 6) is 0.798. The van der Waals surface area contributed by atoms with E-state index in [9.17, 15) is 0 Å². The van der Waals surface area contributed by atoms with Gasteiger partial charge in [-0.25, -0.2) is 0 Å². The SMILES string of the molecule is CC(C)N(CCCO)Cc1cc(-c2ccccc2)on1. The van der Waals surface area contributed by atoms with Gasteiger partial charge in [0.25, 0.3) is 0 Å². The molecule has 0 aliphatic heterocycles. The van der Waals surface area contributed by atoms with Crippen molar-refractivity contribution in [1.82, 2.24) is 10.1 Å². The Kier molecular flexibility index (Phi) is 5.32. The predicted molar refractivity (Wildman–Crippen MR) is 79.2 cm³/mol. The van der Waals surface area contributed by atoms with Crippen molar-refractivity contribution >= 4 is 0 Å². The van der Waals surface area contributed by atoms with Gasteiger partial charge in [-0.3, -0.25) is 4.90 Å². The third kappa shape index (κ3) is 3.92. The Morgan fingerprint density at radius 1 is 1.25 bits per heavy atom. The van der Waals surface area contributed by atoms with Crippen LogP contribution >= 0.6 is 0 Å². The Morgan fingerprint density at radius 3 is 2.65 bits per heavy atom. The molecule has 2 rings (SSSR count). The van der Waals surface area contributed by atoms with E-state index in [4.69, 9.17) is 9.63 Å². The number of aromatic nitrogens is 1. The maximum atomic E-state index is 8.95. The van der Waals surface area contributed by atoms with Crippen molar-refractivity contribution < 1.29 is 9.63 Å². The van der Waals surface area contributed by atoms with Gasteiger partial charge in [-0.15, -0.1) is 0 Å². The highest BCUT2D eigenvalue weighted by molar-refractivity contribution is 5.56. The van der Waals surface area contributed by atoms with E-state index in [0.717, 1.165) is 36.5 Å². The van der Waals surface area contributed by atoms with Crippen molar-refractivity contribution in [3.63, 3.8) is 0 Å². The number of nitrogens with zero attached hydrogens (tertiary/aromatic N) is 2. The molecule has 108 valence electrons. The van der Waals surface area contributed by atoms with Gasteiger partial charge in [0, 0.05) is 37.4 Å². The minimum absolute atomic E-state index is 0.220. The van der Waals surface area contributed by atoms with Gasteiger partial charge in [0.15, 0.2) is 5.76 Å². The lowest BCUT2D eigenvalue weighted by atomic mass is 10.1. The molecule has 0 unspecified atom stereocenters. The molecule has 0 bridgehead atoms. The van der Waals surface area contributed by atoms with Crippen LogP contribution in [0.5, 0.6) is 0 Å². The van der Waals surface area contributed by atoms with E-state index in [0.29, 0.717) is 6.04 Å². The molecule has 2 aromatic rings. The summed E-state index contributed by atoms with van der Waals surface area (Å²) in [7, 11) is 0. The molecule has 4 nitrogen and oxygen atoms in total. The van der Waals surface area contributed by atoms with Crippen molar-refractivity contribution in [3.8, 4) is 11.3 Å². The fourth-order valence-corrected chi connectivity index (χ4v) is 2.13. The molecule has 0 spiro atoms. The Bertz CT molecular complexity index is 508. The van der Waals surface area contributed by atoms with E-state index < -0.39 is 0 Å². The summed E-state index contributed by atoms with van der Waals surface area (Å²) >= 11 is 0. The molecule has 1 heterocycles. The molecule has 4 heteroatoms. The lowest BCUT2D eigenvalue weighted by Gasteiger charge is -2.24. The first-order chi connectivity index (χ1) is 9.70. The largest absolute Gasteiger partial charge is 0.396 e. The number of benzene rings is 1. The summed E-state index contributed by atoms with van der Waals surface area (Å²) < 4.78 is 5.41. The van der Waals surface area contributed by atoms with Crippen molar-refractivity contribution in [1.29, 1.82) is 0 Å². The molecule has 20 heavy (non-hydrogen) atoms. The molecule has 0 saturated carbocycles. The van der Waals surface area contributed by atoms with Crippen LogP contribution in [-0.2, 0) is 6.54 Å². The second kappa shape index (κ2) is 7.22. The number of aliphatic hydroxyl groups excluding tert-OH is 1. The molecule has 1 aromatic carbocycles. The molecule has 0 aliphatic rings. The normalized spacial score (nSPS) is 11.4. The topological polar surface area (TPSA) is 49.5 Å². The fraction of sp³-hybridized carbons (Fsp3) is 0.438. The van der Waals surface area contributed by atoms with Gasteiger partial charge in [-0.1, -0.05) is 35.5 Å². The highest BCUT2D eigenvalue weighted by Crippen LogP contribution is 2.20. The van der Waals surface area contributed by atoms with Crippen molar-refractivity contribution in [2.75, 3.05) is 13.2 Å². The van der Waals surface area contributed by atoms with Crippen molar-refractivity contribution in [3.05, 3.63) is 42.1 Å². The van der Waals surface area contributed by atoms with Gasteiger partial charge < -0.3 is 9.63 Å². The summed E-state index contributed by atoms with van der Waals surface area (Å²) in [6.07, 6.45) is 0.779. The first kappa shape index (κ1) is 14.8. The molecule has 0 aliphatic carbocycles. The van der Waals surface area contributed by atoms with Gasteiger partial charge >= 0.3 is 0 Å². The average Bonchev–Trinajstić information content (AvgIpc) is 2.92. The molecular formula is C16H22N2O2. The van der Waals surface area contributed by atoms with Crippen LogP contribution < -0.4 is 0 Å². The van der Waals surface area contributed by atoms with E-state index >= 15 is 0 Å². The fourth-order valence-electron chi connectivity index (χ4n) is 2.13. The van der Waals surface area contributed by atoms with Crippen LogP contribution in [0.4, 0.5) is 0 Å². The summed E-state index contributed by atoms with van der Waals surface area (Å²) in [6, 6.07) is 12.4. The molecule has 1 aromatic heterocycles. The zero-order valence-electron chi connectivity index (χ0n) is 12.1. The molecule has 1 N–H and O–H groups in total. The van der Waals surface area contributed by atoms with Crippen LogP contribution in [-0.4, -0.2) is 34.4 Å². The number of hydrogen-bond donors (Lipinski definition) is 1. The number of rotatable bonds is 7. The lowest BCUT2D eigenvalue weighted by molar-refractivity contribution is 0.181. The van der Waals surface area contributed by atoms with E-state index in [-0.39, 0.29) is 6.61 Å². The minimum Gasteiger partial charge on any atom is -0.396 e. The van der Waals surface area contributed by atoms with Crippen LogP contribution in [0.25, 0.3) is 11.3 Å². The Hall–Kier alpha value is -1.65. The second-order valence-corrected chi connectivity index (χ2v) is 5.19. The maximum Gasteiger partial charge on any atom is 0.167 e. The van der Waals surface area contributed by atoms with Gasteiger partial charge in [0.2, 0.25) is 0 Å². The summed E-state index contributed by atoms with van der Waals surface area (Å²) in [4.78, 5) is 2.28. The van der Waals surface area contributed by atoms with Crippen LogP contribution in [0, 0.1) is 0 Å². The lowest BCUT2D eigenvalue weighted by Crippen LogP contribution is -2.31. The first-order valence-corrected chi connectivity index (χ1v) is 7.06. The van der Waals surface area contributed by atoms with E-state index in [1.54, 1.807) is 0 Å². The Morgan fingerprint density at radius 2 is 2.00 bits per heavy atom. The molecule has 0 atom stereocenters. The van der Waals surface area contributed by atoms with Crippen LogP contribution in [0.1, 0.15) is 26.0 Å². The second-order valence-electron chi connectivity index (χ2n) is 5.19. The van der Waals surface area contributed by atoms with Crippen molar-refractivity contribution in [2.24, 2.45) is 0 Å². The van der Waals surface area contributed by atoms with E-state index in [1.807, 2.05) is 36.4 Å². The first-order valence-electron chi connectivity index (χ1n) is 7.06. The molecule has 0 amide bonds. The van der Waals surface area contributed by atoms with E-state index in [2.05, 4.69) is 23.9 Å². The standard InChI is InChI=1S/C16H22N2O2/c1-13(2)18(9-6-10-19)12-15-11-16(20-17-15)14-7-4-3-5-8-14/h3-5,7-8,11,13,19H,6,9-10,12H2,1-2H3. The predicted octanol–water partition coefficient (Wildman–Crippen LogP) is 2.93. The molecule has 0 radical (unpaired) electrons. The smallest absolute Gasteiger partial charge is 0.167 e. The van der Waals surface area contributed by atoms with Gasteiger partial charge in [-0.2, -0.15) is 0 Å². The third-order valence-corrected chi connectivity index (χ3v) is 3.32. The van der Waals surface area contributed by atoms with Gasteiger partial charge in [-0.05, 0) is 20.3 Å². The van der Waals surface area contributed by atoms with E-state index in [1.165, 1.54) is 0 Å². The molecular weight excluding hydrogens is 252 g/mol. The Balaban J connectivity index is 2.04.